The molecule has 0 aliphatic rings. The molecule has 0 spiro atoms. The zero-order valence-electron chi connectivity index (χ0n) is 11.5. The lowest BCUT2D eigenvalue weighted by atomic mass is 10.0. The lowest BCUT2D eigenvalue weighted by molar-refractivity contribution is -0.129. The zero-order chi connectivity index (χ0) is 15.3. The number of carboxylic acid groups (broad SMARTS) is 1. The molecule has 0 saturated carbocycles. The molecule has 1 heterocycles. The Morgan fingerprint density at radius 1 is 1.40 bits per heavy atom. The van der Waals surface area contributed by atoms with Crippen LogP contribution < -0.4 is 10.1 Å². The van der Waals surface area contributed by atoms with E-state index in [-0.39, 0.29) is 23.2 Å². The first-order valence-corrected chi connectivity index (χ1v) is 6.93. The van der Waals surface area contributed by atoms with Crippen molar-refractivity contribution >= 4 is 29.0 Å². The van der Waals surface area contributed by atoms with Gasteiger partial charge in [0.15, 0.2) is 12.4 Å². The number of ether oxygens (including phenoxy) is 1. The molecule has 2 N–H and O–H groups in total. The number of carbonyl (C=O) groups excluding carboxylic acids is 2. The van der Waals surface area contributed by atoms with Crippen LogP contribution in [0, 0.1) is 5.92 Å². The van der Waals surface area contributed by atoms with Crippen LogP contribution in [0.15, 0.2) is 11.4 Å². The third-order valence-corrected chi connectivity index (χ3v) is 3.47. The van der Waals surface area contributed by atoms with Crippen LogP contribution in [0.5, 0.6) is 5.75 Å². The summed E-state index contributed by atoms with van der Waals surface area (Å²) in [5.74, 6) is -1.24. The molecule has 0 saturated heterocycles. The van der Waals surface area contributed by atoms with Gasteiger partial charge in [-0.15, -0.1) is 11.3 Å². The molecule has 20 heavy (non-hydrogen) atoms. The van der Waals surface area contributed by atoms with E-state index in [2.05, 4.69) is 5.32 Å². The van der Waals surface area contributed by atoms with Gasteiger partial charge < -0.3 is 15.2 Å². The molecule has 0 radical (unpaired) electrons. The van der Waals surface area contributed by atoms with Crippen molar-refractivity contribution in [2.45, 2.75) is 26.8 Å². The summed E-state index contributed by atoms with van der Waals surface area (Å²) in [4.78, 5) is 33.9. The van der Waals surface area contributed by atoms with E-state index in [0.717, 1.165) is 11.3 Å². The highest BCUT2D eigenvalue weighted by Crippen LogP contribution is 2.21. The van der Waals surface area contributed by atoms with Crippen molar-refractivity contribution in [3.05, 3.63) is 16.3 Å². The molecular formula is C13H17NO5S. The van der Waals surface area contributed by atoms with Gasteiger partial charge >= 0.3 is 5.97 Å². The number of nitrogens with one attached hydrogen (secondary N) is 1. The van der Waals surface area contributed by atoms with E-state index in [1.165, 1.54) is 18.4 Å². The van der Waals surface area contributed by atoms with E-state index in [1.54, 1.807) is 0 Å². The number of carbonyl (C=O) groups is 3. The van der Waals surface area contributed by atoms with Gasteiger partial charge in [0.05, 0.1) is 6.04 Å². The molecule has 1 rings (SSSR count). The fourth-order valence-electron chi connectivity index (χ4n) is 1.61. The van der Waals surface area contributed by atoms with Crippen molar-refractivity contribution in [3.8, 4) is 5.75 Å². The average Bonchev–Trinajstić information content (AvgIpc) is 2.81. The molecular weight excluding hydrogens is 282 g/mol. The van der Waals surface area contributed by atoms with Crippen molar-refractivity contribution in [1.29, 1.82) is 0 Å². The first-order chi connectivity index (χ1) is 9.31. The van der Waals surface area contributed by atoms with Gasteiger partial charge in [0, 0.05) is 11.4 Å². The summed E-state index contributed by atoms with van der Waals surface area (Å²) in [5.41, 5.74) is 0. The Morgan fingerprint density at radius 2 is 2.05 bits per heavy atom. The molecule has 0 fully saturated rings. The Hall–Kier alpha value is -1.89. The molecule has 0 aliphatic carbocycles. The van der Waals surface area contributed by atoms with E-state index in [9.17, 15) is 14.4 Å². The van der Waals surface area contributed by atoms with E-state index >= 15 is 0 Å². The largest absolute Gasteiger partial charge is 0.483 e. The molecule has 1 aromatic heterocycles. The van der Waals surface area contributed by atoms with Gasteiger partial charge in [-0.05, 0) is 12.8 Å². The summed E-state index contributed by atoms with van der Waals surface area (Å²) in [5, 5.41) is 12.9. The molecule has 1 aromatic rings. The second-order valence-electron chi connectivity index (χ2n) is 4.64. The van der Waals surface area contributed by atoms with Crippen molar-refractivity contribution in [2.75, 3.05) is 6.61 Å². The lowest BCUT2D eigenvalue weighted by Gasteiger charge is -2.19. The second-order valence-corrected chi connectivity index (χ2v) is 5.55. The minimum atomic E-state index is -1.04. The van der Waals surface area contributed by atoms with Gasteiger partial charge in [0.25, 0.3) is 5.91 Å². The number of hydrogen-bond donors (Lipinski definition) is 2. The van der Waals surface area contributed by atoms with Crippen molar-refractivity contribution in [1.82, 2.24) is 5.32 Å². The third-order valence-electron chi connectivity index (χ3n) is 2.58. The third kappa shape index (κ3) is 4.65. The molecule has 6 nitrogen and oxygen atoms in total. The van der Waals surface area contributed by atoms with Gasteiger partial charge in [-0.3, -0.25) is 9.59 Å². The maximum Gasteiger partial charge on any atom is 0.346 e. The molecule has 1 amide bonds. The Labute approximate surface area is 120 Å². The Balaban J connectivity index is 2.50. The lowest BCUT2D eigenvalue weighted by Crippen LogP contribution is -2.45. The second kappa shape index (κ2) is 7.04. The van der Waals surface area contributed by atoms with Gasteiger partial charge in [-0.1, -0.05) is 13.8 Å². The Bertz CT molecular complexity index is 509. The van der Waals surface area contributed by atoms with Crippen LogP contribution in [0.3, 0.4) is 0 Å². The number of ketones is 1. The SMILES string of the molecule is CC(=O)C(NC(=O)COc1csc(C(=O)O)c1)C(C)C. The van der Waals surface area contributed by atoms with Crippen LogP contribution in [0.2, 0.25) is 0 Å². The van der Waals surface area contributed by atoms with Crippen LogP contribution in [-0.2, 0) is 9.59 Å². The maximum atomic E-state index is 11.7. The van der Waals surface area contributed by atoms with E-state index < -0.39 is 17.9 Å². The number of amides is 1. The molecule has 0 aromatic carbocycles. The fourth-order valence-corrected chi connectivity index (χ4v) is 2.27. The highest BCUT2D eigenvalue weighted by molar-refractivity contribution is 7.12. The van der Waals surface area contributed by atoms with Crippen LogP contribution in [0.4, 0.5) is 0 Å². The summed E-state index contributed by atoms with van der Waals surface area (Å²) >= 11 is 1.02. The number of aromatic carboxylic acids is 1. The van der Waals surface area contributed by atoms with Crippen LogP contribution in [0.25, 0.3) is 0 Å². The maximum absolute atomic E-state index is 11.7. The molecule has 1 unspecified atom stereocenters. The standard InChI is InChI=1S/C13H17NO5S/c1-7(2)12(8(3)15)14-11(16)5-19-9-4-10(13(17)18)20-6-9/h4,6-7,12H,5H2,1-3H3,(H,14,16)(H,17,18). The first-order valence-electron chi connectivity index (χ1n) is 6.05. The van der Waals surface area contributed by atoms with E-state index in [1.807, 2.05) is 13.8 Å². The molecule has 7 heteroatoms. The van der Waals surface area contributed by atoms with Gasteiger partial charge in [0.2, 0.25) is 0 Å². The summed E-state index contributed by atoms with van der Waals surface area (Å²) in [6.45, 7) is 4.84. The minimum absolute atomic E-state index is 0.00351. The number of thiophene rings is 1. The number of hydrogen-bond acceptors (Lipinski definition) is 5. The molecule has 0 aliphatic heterocycles. The van der Waals surface area contributed by atoms with Crippen LogP contribution in [-0.4, -0.2) is 35.4 Å². The summed E-state index contributed by atoms with van der Waals surface area (Å²) in [7, 11) is 0. The highest BCUT2D eigenvalue weighted by atomic mass is 32.1. The smallest absolute Gasteiger partial charge is 0.346 e. The van der Waals surface area contributed by atoms with Crippen molar-refractivity contribution in [3.63, 3.8) is 0 Å². The topological polar surface area (TPSA) is 92.7 Å². The highest BCUT2D eigenvalue weighted by Gasteiger charge is 2.20. The number of Topliss-reactive ketones (excluding diaryl/α,β-unsaturated/α-hetero) is 1. The van der Waals surface area contributed by atoms with E-state index in [4.69, 9.17) is 9.84 Å². The number of carboxylic acids is 1. The zero-order valence-corrected chi connectivity index (χ0v) is 12.3. The van der Waals surface area contributed by atoms with Crippen molar-refractivity contribution < 1.29 is 24.2 Å². The Morgan fingerprint density at radius 3 is 2.50 bits per heavy atom. The van der Waals surface area contributed by atoms with Gasteiger partial charge in [-0.2, -0.15) is 0 Å². The van der Waals surface area contributed by atoms with Crippen LogP contribution >= 0.6 is 11.3 Å². The predicted molar refractivity (Wildman–Crippen MR) is 74.2 cm³/mol. The molecule has 0 bridgehead atoms. The van der Waals surface area contributed by atoms with Gasteiger partial charge in [0.1, 0.15) is 10.6 Å². The van der Waals surface area contributed by atoms with Gasteiger partial charge in [-0.25, -0.2) is 4.79 Å². The summed E-state index contributed by atoms with van der Waals surface area (Å²) < 4.78 is 5.18. The molecule has 110 valence electrons. The summed E-state index contributed by atoms with van der Waals surface area (Å²) in [6.07, 6.45) is 0. The summed E-state index contributed by atoms with van der Waals surface area (Å²) in [6, 6.07) is 0.814. The monoisotopic (exact) mass is 299 g/mol. The predicted octanol–water partition coefficient (Wildman–Crippen LogP) is 1.55. The number of rotatable bonds is 7. The normalized spacial score (nSPS) is 12.0. The van der Waals surface area contributed by atoms with Crippen LogP contribution in [0.1, 0.15) is 30.4 Å². The molecule has 1 atom stereocenters. The Kier molecular flexibility index (Phi) is 5.69. The average molecular weight is 299 g/mol. The van der Waals surface area contributed by atoms with E-state index in [0.29, 0.717) is 5.75 Å². The fraction of sp³-hybridized carbons (Fsp3) is 0.462. The quantitative estimate of drug-likeness (QED) is 0.797. The first kappa shape index (κ1) is 16.2. The van der Waals surface area contributed by atoms with Crippen molar-refractivity contribution in [2.24, 2.45) is 5.92 Å². The minimum Gasteiger partial charge on any atom is -0.483 e.